The Hall–Kier alpha value is -1.82. The van der Waals surface area contributed by atoms with Crippen molar-refractivity contribution in [3.63, 3.8) is 0 Å². The van der Waals surface area contributed by atoms with E-state index in [1.54, 1.807) is 25.1 Å². The fraction of sp³-hybridized carbons (Fsp3) is 0.273. The number of carbonyl (C=O) groups excluding carboxylic acids is 1. The van der Waals surface area contributed by atoms with Crippen LogP contribution in [0.1, 0.15) is 18.1 Å². The lowest BCUT2D eigenvalue weighted by molar-refractivity contribution is -0.110. The normalized spacial score (nSPS) is 11.7. The molecule has 1 N–H and O–H groups in total. The molecule has 1 aromatic rings. The van der Waals surface area contributed by atoms with E-state index in [-0.39, 0.29) is 17.2 Å². The molecule has 14 heavy (non-hydrogen) atoms. The van der Waals surface area contributed by atoms with Crippen molar-refractivity contribution in [2.45, 2.75) is 13.3 Å². The summed E-state index contributed by atoms with van der Waals surface area (Å²) in [7, 11) is 0. The van der Waals surface area contributed by atoms with Gasteiger partial charge in [0.15, 0.2) is 0 Å². The standard InChI is InChI=1S/C11H11NO2/c1-8(7-13)5-9-3-2-4-10(6-12)11(9)14/h2-4,7-8,14H,5H2,1H3. The molecule has 0 saturated carbocycles. The molecule has 0 aromatic heterocycles. The van der Waals surface area contributed by atoms with Crippen molar-refractivity contribution < 1.29 is 9.90 Å². The van der Waals surface area contributed by atoms with Crippen molar-refractivity contribution >= 4 is 6.29 Å². The number of hydrogen-bond acceptors (Lipinski definition) is 3. The minimum atomic E-state index is -0.144. The fourth-order valence-corrected chi connectivity index (χ4v) is 1.24. The summed E-state index contributed by atoms with van der Waals surface area (Å²) in [6.45, 7) is 1.77. The van der Waals surface area contributed by atoms with Crippen LogP contribution >= 0.6 is 0 Å². The van der Waals surface area contributed by atoms with Gasteiger partial charge in [-0.25, -0.2) is 0 Å². The van der Waals surface area contributed by atoms with Crippen LogP contribution in [0, 0.1) is 17.2 Å². The van der Waals surface area contributed by atoms with E-state index in [1.807, 2.05) is 6.07 Å². The lowest BCUT2D eigenvalue weighted by atomic mass is 10.00. The summed E-state index contributed by atoms with van der Waals surface area (Å²) in [4.78, 5) is 10.4. The molecule has 1 unspecified atom stereocenters. The summed E-state index contributed by atoms with van der Waals surface area (Å²) in [5.41, 5.74) is 0.893. The maximum Gasteiger partial charge on any atom is 0.136 e. The zero-order valence-corrected chi connectivity index (χ0v) is 7.90. The Morgan fingerprint density at radius 1 is 1.64 bits per heavy atom. The van der Waals surface area contributed by atoms with Crippen LogP contribution in [0.15, 0.2) is 18.2 Å². The maximum absolute atomic E-state index is 10.4. The topological polar surface area (TPSA) is 61.1 Å². The predicted octanol–water partition coefficient (Wildman–Crippen LogP) is 1.64. The molecule has 1 aromatic carbocycles. The molecule has 0 saturated heterocycles. The Bertz CT molecular complexity index is 379. The SMILES string of the molecule is CC(C=O)Cc1cccc(C#N)c1O. The maximum atomic E-state index is 10.4. The third-order valence-corrected chi connectivity index (χ3v) is 2.01. The van der Waals surface area contributed by atoms with Crippen LogP contribution in [0.5, 0.6) is 5.75 Å². The Kier molecular flexibility index (Phi) is 3.24. The predicted molar refractivity (Wildman–Crippen MR) is 51.8 cm³/mol. The van der Waals surface area contributed by atoms with E-state index in [0.717, 1.165) is 6.29 Å². The Labute approximate surface area is 82.6 Å². The number of phenolic OH excluding ortho intramolecular Hbond substituents is 1. The summed E-state index contributed by atoms with van der Waals surface area (Å²) in [5, 5.41) is 18.2. The lowest BCUT2D eigenvalue weighted by Crippen LogP contribution is -2.01. The van der Waals surface area contributed by atoms with Gasteiger partial charge in [-0.15, -0.1) is 0 Å². The minimum absolute atomic E-state index is 0.0105. The minimum Gasteiger partial charge on any atom is -0.506 e. The number of nitriles is 1. The Morgan fingerprint density at radius 3 is 2.93 bits per heavy atom. The van der Waals surface area contributed by atoms with Crippen molar-refractivity contribution in [1.82, 2.24) is 0 Å². The molecule has 0 aliphatic carbocycles. The van der Waals surface area contributed by atoms with Crippen molar-refractivity contribution in [3.8, 4) is 11.8 Å². The zero-order valence-electron chi connectivity index (χ0n) is 7.90. The van der Waals surface area contributed by atoms with Crippen LogP contribution in [0.2, 0.25) is 0 Å². The molecule has 0 heterocycles. The number of hydrogen-bond donors (Lipinski definition) is 1. The molecule has 0 bridgehead atoms. The number of aldehydes is 1. The first-order valence-electron chi connectivity index (χ1n) is 4.35. The van der Waals surface area contributed by atoms with Crippen molar-refractivity contribution in [2.24, 2.45) is 5.92 Å². The van der Waals surface area contributed by atoms with E-state index >= 15 is 0 Å². The second kappa shape index (κ2) is 4.43. The monoisotopic (exact) mass is 189 g/mol. The van der Waals surface area contributed by atoms with E-state index in [4.69, 9.17) is 5.26 Å². The highest BCUT2D eigenvalue weighted by atomic mass is 16.3. The van der Waals surface area contributed by atoms with Crippen molar-refractivity contribution in [2.75, 3.05) is 0 Å². The van der Waals surface area contributed by atoms with Crippen LogP contribution in [0.3, 0.4) is 0 Å². The van der Waals surface area contributed by atoms with Gasteiger partial charge in [0.25, 0.3) is 0 Å². The molecule has 72 valence electrons. The molecule has 1 rings (SSSR count). The first-order valence-corrected chi connectivity index (χ1v) is 4.35. The number of nitrogens with zero attached hydrogens (tertiary/aromatic N) is 1. The summed E-state index contributed by atoms with van der Waals surface area (Å²) in [6.07, 6.45) is 1.29. The largest absolute Gasteiger partial charge is 0.506 e. The summed E-state index contributed by atoms with van der Waals surface area (Å²) < 4.78 is 0. The van der Waals surface area contributed by atoms with Gasteiger partial charge in [-0.2, -0.15) is 5.26 Å². The molecule has 0 aliphatic heterocycles. The van der Waals surface area contributed by atoms with Gasteiger partial charge in [-0.05, 0) is 18.1 Å². The molecule has 0 spiro atoms. The summed E-state index contributed by atoms with van der Waals surface area (Å²) >= 11 is 0. The van der Waals surface area contributed by atoms with Crippen molar-refractivity contribution in [3.05, 3.63) is 29.3 Å². The number of aromatic hydroxyl groups is 1. The number of rotatable bonds is 3. The molecule has 0 aliphatic rings. The number of para-hydroxylation sites is 1. The molecule has 0 amide bonds. The summed E-state index contributed by atoms with van der Waals surface area (Å²) in [6, 6.07) is 6.85. The van der Waals surface area contributed by atoms with Gasteiger partial charge in [0, 0.05) is 5.92 Å². The second-order valence-electron chi connectivity index (χ2n) is 3.24. The quantitative estimate of drug-likeness (QED) is 0.735. The number of carbonyl (C=O) groups is 1. The van der Waals surface area contributed by atoms with Gasteiger partial charge >= 0.3 is 0 Å². The highest BCUT2D eigenvalue weighted by Crippen LogP contribution is 2.23. The first kappa shape index (κ1) is 10.3. The van der Waals surface area contributed by atoms with Crippen LogP contribution in [-0.4, -0.2) is 11.4 Å². The average molecular weight is 189 g/mol. The van der Waals surface area contributed by atoms with Gasteiger partial charge in [-0.3, -0.25) is 0 Å². The molecule has 0 fully saturated rings. The second-order valence-corrected chi connectivity index (χ2v) is 3.24. The van der Waals surface area contributed by atoms with Gasteiger partial charge in [0.1, 0.15) is 18.1 Å². The molecule has 0 radical (unpaired) electrons. The van der Waals surface area contributed by atoms with Gasteiger partial charge in [0.05, 0.1) is 5.56 Å². The Balaban J connectivity index is 2.99. The third kappa shape index (κ3) is 2.11. The van der Waals surface area contributed by atoms with Gasteiger partial charge < -0.3 is 9.90 Å². The van der Waals surface area contributed by atoms with E-state index < -0.39 is 0 Å². The van der Waals surface area contributed by atoms with Crippen LogP contribution < -0.4 is 0 Å². The van der Waals surface area contributed by atoms with Crippen molar-refractivity contribution in [1.29, 1.82) is 5.26 Å². The van der Waals surface area contributed by atoms with Crippen LogP contribution in [0.4, 0.5) is 0 Å². The summed E-state index contributed by atoms with van der Waals surface area (Å²) in [5.74, 6) is -0.154. The molecule has 3 nitrogen and oxygen atoms in total. The molecular weight excluding hydrogens is 178 g/mol. The lowest BCUT2D eigenvalue weighted by Gasteiger charge is -2.06. The van der Waals surface area contributed by atoms with E-state index in [9.17, 15) is 9.90 Å². The Morgan fingerprint density at radius 2 is 2.36 bits per heavy atom. The highest BCUT2D eigenvalue weighted by molar-refractivity contribution is 5.55. The van der Waals surface area contributed by atoms with E-state index in [2.05, 4.69) is 0 Å². The number of benzene rings is 1. The first-order chi connectivity index (χ1) is 6.69. The van der Waals surface area contributed by atoms with Gasteiger partial charge in [-0.1, -0.05) is 19.1 Å². The smallest absolute Gasteiger partial charge is 0.136 e. The van der Waals surface area contributed by atoms with Crippen LogP contribution in [-0.2, 0) is 11.2 Å². The highest BCUT2D eigenvalue weighted by Gasteiger charge is 2.09. The molecule has 3 heteroatoms. The third-order valence-electron chi connectivity index (χ3n) is 2.01. The van der Waals surface area contributed by atoms with E-state index in [1.165, 1.54) is 0 Å². The zero-order chi connectivity index (χ0) is 10.6. The van der Waals surface area contributed by atoms with Gasteiger partial charge in [0.2, 0.25) is 0 Å². The van der Waals surface area contributed by atoms with E-state index in [0.29, 0.717) is 12.0 Å². The fourth-order valence-electron chi connectivity index (χ4n) is 1.24. The number of phenols is 1. The molecule has 1 atom stereocenters. The van der Waals surface area contributed by atoms with Crippen LogP contribution in [0.25, 0.3) is 0 Å². The average Bonchev–Trinajstić information content (AvgIpc) is 2.21. The molecular formula is C11H11NO2.